The predicted octanol–water partition coefficient (Wildman–Crippen LogP) is 2.01. The smallest absolute Gasteiger partial charge is 0.390 e. The molecule has 0 fully saturated rings. The first-order chi connectivity index (χ1) is 7.29. The fraction of sp³-hybridized carbons (Fsp3) is 0.778. The average Bonchev–Trinajstić information content (AvgIpc) is 2.58. The quantitative estimate of drug-likeness (QED) is 0.874. The van der Waals surface area contributed by atoms with Gasteiger partial charge in [0, 0.05) is 0 Å². The third-order valence-corrected chi connectivity index (χ3v) is 2.53. The van der Waals surface area contributed by atoms with E-state index in [4.69, 9.17) is 5.11 Å². The van der Waals surface area contributed by atoms with E-state index in [-0.39, 0.29) is 5.92 Å². The zero-order chi connectivity index (χ0) is 12.5. The molecule has 0 saturated heterocycles. The van der Waals surface area contributed by atoms with Gasteiger partial charge in [-0.2, -0.15) is 13.2 Å². The number of halogens is 3. The van der Waals surface area contributed by atoms with Crippen LogP contribution in [0.2, 0.25) is 0 Å². The van der Waals surface area contributed by atoms with E-state index in [2.05, 4.69) is 10.3 Å². The highest BCUT2D eigenvalue weighted by molar-refractivity contribution is 5.13. The van der Waals surface area contributed by atoms with Gasteiger partial charge in [-0.1, -0.05) is 19.1 Å². The minimum Gasteiger partial charge on any atom is -0.390 e. The maximum Gasteiger partial charge on any atom is 0.435 e. The lowest BCUT2D eigenvalue weighted by Gasteiger charge is -2.19. The van der Waals surface area contributed by atoms with E-state index in [0.29, 0.717) is 0 Å². The third-order valence-electron chi connectivity index (χ3n) is 2.53. The monoisotopic (exact) mass is 237 g/mol. The van der Waals surface area contributed by atoms with Gasteiger partial charge in [0.2, 0.25) is 0 Å². The number of aliphatic hydroxyl groups excluding tert-OH is 1. The van der Waals surface area contributed by atoms with Crippen molar-refractivity contribution in [1.29, 1.82) is 0 Å². The van der Waals surface area contributed by atoms with Gasteiger partial charge in [-0.25, -0.2) is 4.68 Å². The van der Waals surface area contributed by atoms with Crippen molar-refractivity contribution in [2.24, 2.45) is 5.92 Å². The molecule has 0 bridgehead atoms. The van der Waals surface area contributed by atoms with Crippen molar-refractivity contribution >= 4 is 0 Å². The number of hydrogen-bond donors (Lipinski definition) is 1. The predicted molar refractivity (Wildman–Crippen MR) is 50.5 cm³/mol. The lowest BCUT2D eigenvalue weighted by Crippen LogP contribution is -2.22. The normalized spacial score (nSPS) is 14.5. The molecule has 0 aromatic carbocycles. The molecule has 1 aromatic heterocycles. The van der Waals surface area contributed by atoms with E-state index in [1.807, 2.05) is 0 Å². The largest absolute Gasteiger partial charge is 0.435 e. The summed E-state index contributed by atoms with van der Waals surface area (Å²) in [6, 6.07) is -0.426. The summed E-state index contributed by atoms with van der Waals surface area (Å²) in [5.74, 6) is -0.00524. The molecule has 0 aliphatic carbocycles. The van der Waals surface area contributed by atoms with E-state index >= 15 is 0 Å². The zero-order valence-electron chi connectivity index (χ0n) is 9.28. The van der Waals surface area contributed by atoms with Gasteiger partial charge in [0.15, 0.2) is 5.69 Å². The molecule has 4 nitrogen and oxygen atoms in total. The second kappa shape index (κ2) is 4.40. The third kappa shape index (κ3) is 2.34. The molecule has 0 spiro atoms. The first kappa shape index (κ1) is 13.0. The molecule has 1 aromatic rings. The van der Waals surface area contributed by atoms with Crippen molar-refractivity contribution in [3.63, 3.8) is 0 Å². The Kier molecular flexibility index (Phi) is 3.57. The summed E-state index contributed by atoms with van der Waals surface area (Å²) < 4.78 is 39.1. The number of hydrogen-bond acceptors (Lipinski definition) is 3. The Bertz CT molecular complexity index is 359. The van der Waals surface area contributed by atoms with Gasteiger partial charge < -0.3 is 5.11 Å². The van der Waals surface area contributed by atoms with Gasteiger partial charge >= 0.3 is 6.18 Å². The fourth-order valence-corrected chi connectivity index (χ4v) is 1.29. The van der Waals surface area contributed by atoms with Gasteiger partial charge in [0.05, 0.1) is 12.6 Å². The topological polar surface area (TPSA) is 50.9 Å². The fourth-order valence-electron chi connectivity index (χ4n) is 1.29. The maximum absolute atomic E-state index is 12.7. The Balaban J connectivity index is 3.25. The second-order valence-electron chi connectivity index (χ2n) is 3.97. The van der Waals surface area contributed by atoms with Crippen LogP contribution in [0.1, 0.15) is 38.2 Å². The van der Waals surface area contributed by atoms with E-state index < -0.39 is 30.2 Å². The number of nitrogens with zero attached hydrogens (tertiary/aromatic N) is 3. The Labute approximate surface area is 91.1 Å². The van der Waals surface area contributed by atoms with Crippen LogP contribution in [0.4, 0.5) is 13.2 Å². The molecule has 1 heterocycles. The molecule has 1 unspecified atom stereocenters. The lowest BCUT2D eigenvalue weighted by molar-refractivity contribution is -0.146. The van der Waals surface area contributed by atoms with Crippen LogP contribution in [0.15, 0.2) is 0 Å². The molecular weight excluding hydrogens is 223 g/mol. The number of alkyl halides is 3. The Morgan fingerprint density at radius 2 is 1.88 bits per heavy atom. The van der Waals surface area contributed by atoms with Gasteiger partial charge in [0.25, 0.3) is 0 Å². The molecule has 0 saturated carbocycles. The summed E-state index contributed by atoms with van der Waals surface area (Å²) in [5, 5.41) is 15.6. The molecule has 0 aliphatic heterocycles. The van der Waals surface area contributed by atoms with Crippen LogP contribution in [0, 0.1) is 5.92 Å². The highest BCUT2D eigenvalue weighted by Gasteiger charge is 2.40. The lowest BCUT2D eigenvalue weighted by atomic mass is 10.1. The molecule has 1 rings (SSSR count). The summed E-state index contributed by atoms with van der Waals surface area (Å²) in [6.07, 6.45) is -4.55. The van der Waals surface area contributed by atoms with Crippen LogP contribution >= 0.6 is 0 Å². The highest BCUT2D eigenvalue weighted by Crippen LogP contribution is 2.33. The molecule has 0 amide bonds. The van der Waals surface area contributed by atoms with Crippen molar-refractivity contribution in [1.82, 2.24) is 15.0 Å². The van der Waals surface area contributed by atoms with E-state index in [9.17, 15) is 13.2 Å². The van der Waals surface area contributed by atoms with E-state index in [1.165, 1.54) is 0 Å². The molecule has 1 atom stereocenters. The van der Waals surface area contributed by atoms with Crippen molar-refractivity contribution in [2.45, 2.75) is 39.6 Å². The van der Waals surface area contributed by atoms with Gasteiger partial charge in [0.1, 0.15) is 5.69 Å². The zero-order valence-corrected chi connectivity index (χ0v) is 9.28. The number of rotatable bonds is 3. The van der Waals surface area contributed by atoms with Crippen molar-refractivity contribution < 1.29 is 18.3 Å². The van der Waals surface area contributed by atoms with E-state index in [0.717, 1.165) is 4.68 Å². The minimum atomic E-state index is -4.55. The van der Waals surface area contributed by atoms with Crippen molar-refractivity contribution in [2.75, 3.05) is 0 Å². The molecule has 1 N–H and O–H groups in total. The van der Waals surface area contributed by atoms with Crippen LogP contribution in [0.25, 0.3) is 0 Å². The maximum atomic E-state index is 12.7. The Hall–Kier alpha value is -1.11. The van der Waals surface area contributed by atoms with Gasteiger partial charge in [-0.15, -0.1) is 5.10 Å². The summed E-state index contributed by atoms with van der Waals surface area (Å²) in [5.41, 5.74) is -1.39. The average molecular weight is 237 g/mol. The van der Waals surface area contributed by atoms with Crippen LogP contribution in [-0.4, -0.2) is 20.1 Å². The summed E-state index contributed by atoms with van der Waals surface area (Å²) >= 11 is 0. The molecule has 0 aliphatic rings. The molecule has 16 heavy (non-hydrogen) atoms. The first-order valence-electron chi connectivity index (χ1n) is 4.91. The van der Waals surface area contributed by atoms with Crippen LogP contribution in [-0.2, 0) is 12.8 Å². The van der Waals surface area contributed by atoms with Crippen molar-refractivity contribution in [3.05, 3.63) is 11.4 Å². The number of aliphatic hydroxyl groups is 1. The van der Waals surface area contributed by atoms with Crippen molar-refractivity contribution in [3.8, 4) is 0 Å². The minimum absolute atomic E-state index is 0.00524. The van der Waals surface area contributed by atoms with Gasteiger partial charge in [-0.05, 0) is 12.8 Å². The van der Waals surface area contributed by atoms with Crippen LogP contribution in [0.5, 0.6) is 0 Å². The second-order valence-corrected chi connectivity index (χ2v) is 3.97. The summed E-state index contributed by atoms with van der Waals surface area (Å²) in [7, 11) is 0. The standard InChI is InChI=1S/C9H14F3N3O/c1-5(2)6(3)15-8(9(10,11)12)7(4-16)13-14-15/h5-6,16H,4H2,1-3H3. The Morgan fingerprint density at radius 3 is 2.25 bits per heavy atom. The molecular formula is C9H14F3N3O. The van der Waals surface area contributed by atoms with Crippen LogP contribution < -0.4 is 0 Å². The molecule has 0 radical (unpaired) electrons. The summed E-state index contributed by atoms with van der Waals surface area (Å²) in [6.45, 7) is 4.46. The summed E-state index contributed by atoms with van der Waals surface area (Å²) in [4.78, 5) is 0. The first-order valence-corrected chi connectivity index (χ1v) is 4.91. The highest BCUT2D eigenvalue weighted by atomic mass is 19.4. The molecule has 7 heteroatoms. The SMILES string of the molecule is CC(C)C(C)n1nnc(CO)c1C(F)(F)F. The molecule has 92 valence electrons. The van der Waals surface area contributed by atoms with E-state index in [1.54, 1.807) is 20.8 Å². The van der Waals surface area contributed by atoms with Gasteiger partial charge in [-0.3, -0.25) is 0 Å². The van der Waals surface area contributed by atoms with Crippen LogP contribution in [0.3, 0.4) is 0 Å². The Morgan fingerprint density at radius 1 is 1.31 bits per heavy atom. The number of aromatic nitrogens is 3.